The van der Waals surface area contributed by atoms with E-state index >= 15 is 0 Å². The monoisotopic (exact) mass is 406 g/mol. The van der Waals surface area contributed by atoms with E-state index in [0.29, 0.717) is 27.5 Å². The minimum absolute atomic E-state index is 0.0185. The largest absolute Gasteiger partial charge is 0.320 e. The van der Waals surface area contributed by atoms with Gasteiger partial charge in [-0.1, -0.05) is 68.8 Å². The molecule has 3 aromatic carbocycles. The zero-order valence-corrected chi connectivity index (χ0v) is 17.4. The van der Waals surface area contributed by atoms with Crippen LogP contribution in [-0.4, -0.2) is 11.8 Å². The first-order valence-corrected chi connectivity index (χ1v) is 9.70. The van der Waals surface area contributed by atoms with Crippen LogP contribution < -0.4 is 10.6 Å². The maximum absolute atomic E-state index is 12.7. The minimum Gasteiger partial charge on any atom is -0.320 e. The molecule has 0 saturated heterocycles. The number of benzene rings is 3. The molecular formula is C24H23ClN2O2. The van der Waals surface area contributed by atoms with E-state index in [-0.39, 0.29) is 17.2 Å². The standard InChI is InChI=1S/C24H23ClN2O2/c1-24(2,3)17-14-12-16(13-15-17)22(28)26-20-10-6-7-11-21(20)27-23(29)18-8-4-5-9-19(18)25/h4-15H,1-3H3,(H,26,28)(H,27,29). The van der Waals surface area contributed by atoms with Gasteiger partial charge in [0, 0.05) is 5.56 Å². The Labute approximate surface area is 175 Å². The van der Waals surface area contributed by atoms with Crippen LogP contribution >= 0.6 is 11.6 Å². The van der Waals surface area contributed by atoms with Crippen molar-refractivity contribution < 1.29 is 9.59 Å². The lowest BCUT2D eigenvalue weighted by atomic mass is 9.87. The number of hydrogen-bond acceptors (Lipinski definition) is 2. The van der Waals surface area contributed by atoms with E-state index in [4.69, 9.17) is 11.6 Å². The highest BCUT2D eigenvalue weighted by Crippen LogP contribution is 2.25. The Morgan fingerprint density at radius 2 is 1.24 bits per heavy atom. The Hall–Kier alpha value is -3.11. The number of amides is 2. The van der Waals surface area contributed by atoms with Gasteiger partial charge in [-0.2, -0.15) is 0 Å². The molecule has 3 rings (SSSR count). The van der Waals surface area contributed by atoms with Gasteiger partial charge >= 0.3 is 0 Å². The van der Waals surface area contributed by atoms with Crippen molar-refractivity contribution in [1.29, 1.82) is 0 Å². The van der Waals surface area contributed by atoms with Gasteiger partial charge in [0.2, 0.25) is 0 Å². The molecule has 0 saturated carbocycles. The lowest BCUT2D eigenvalue weighted by molar-refractivity contribution is 0.101. The zero-order chi connectivity index (χ0) is 21.0. The molecule has 0 fully saturated rings. The molecule has 29 heavy (non-hydrogen) atoms. The number of halogens is 1. The van der Waals surface area contributed by atoms with Gasteiger partial charge in [0.05, 0.1) is 22.0 Å². The molecular weight excluding hydrogens is 384 g/mol. The summed E-state index contributed by atoms with van der Waals surface area (Å²) in [5, 5.41) is 6.05. The summed E-state index contributed by atoms with van der Waals surface area (Å²) in [6.07, 6.45) is 0. The number of rotatable bonds is 4. The molecule has 0 heterocycles. The summed E-state index contributed by atoms with van der Waals surface area (Å²) < 4.78 is 0. The van der Waals surface area contributed by atoms with Crippen molar-refractivity contribution in [1.82, 2.24) is 0 Å². The SMILES string of the molecule is CC(C)(C)c1ccc(C(=O)Nc2ccccc2NC(=O)c2ccccc2Cl)cc1. The fraction of sp³-hybridized carbons (Fsp3) is 0.167. The molecule has 0 aliphatic carbocycles. The van der Waals surface area contributed by atoms with Crippen LogP contribution in [0, 0.1) is 0 Å². The third-order valence-electron chi connectivity index (χ3n) is 4.56. The molecule has 2 N–H and O–H groups in total. The van der Waals surface area contributed by atoms with Gasteiger partial charge in [-0.05, 0) is 47.4 Å². The molecule has 0 aliphatic rings. The second kappa shape index (κ2) is 8.50. The van der Waals surface area contributed by atoms with Gasteiger partial charge in [0.15, 0.2) is 0 Å². The molecule has 2 amide bonds. The van der Waals surface area contributed by atoms with E-state index in [1.54, 1.807) is 60.7 Å². The Balaban J connectivity index is 1.78. The number of anilines is 2. The second-order valence-electron chi connectivity index (χ2n) is 7.76. The lowest BCUT2D eigenvalue weighted by Crippen LogP contribution is -2.17. The van der Waals surface area contributed by atoms with Gasteiger partial charge in [0.25, 0.3) is 11.8 Å². The topological polar surface area (TPSA) is 58.2 Å². The van der Waals surface area contributed by atoms with Crippen molar-refractivity contribution in [3.05, 3.63) is 94.5 Å². The highest BCUT2D eigenvalue weighted by Gasteiger charge is 2.16. The first-order valence-electron chi connectivity index (χ1n) is 9.32. The van der Waals surface area contributed by atoms with Gasteiger partial charge in [0.1, 0.15) is 0 Å². The van der Waals surface area contributed by atoms with E-state index in [9.17, 15) is 9.59 Å². The normalized spacial score (nSPS) is 11.0. The summed E-state index contributed by atoms with van der Waals surface area (Å²) in [6, 6.07) is 21.4. The fourth-order valence-electron chi connectivity index (χ4n) is 2.85. The molecule has 0 radical (unpaired) electrons. The third kappa shape index (κ3) is 5.04. The molecule has 0 spiro atoms. The number of nitrogens with one attached hydrogen (secondary N) is 2. The van der Waals surface area contributed by atoms with Crippen LogP contribution in [0.3, 0.4) is 0 Å². The van der Waals surface area contributed by atoms with E-state index in [1.807, 2.05) is 12.1 Å². The number of hydrogen-bond donors (Lipinski definition) is 2. The van der Waals surface area contributed by atoms with Crippen molar-refractivity contribution in [2.45, 2.75) is 26.2 Å². The van der Waals surface area contributed by atoms with Crippen molar-refractivity contribution in [3.8, 4) is 0 Å². The van der Waals surface area contributed by atoms with Crippen molar-refractivity contribution in [3.63, 3.8) is 0 Å². The number of carbonyl (C=O) groups excluding carboxylic acids is 2. The van der Waals surface area contributed by atoms with E-state index in [0.717, 1.165) is 5.56 Å². The maximum Gasteiger partial charge on any atom is 0.257 e. The summed E-state index contributed by atoms with van der Waals surface area (Å²) in [6.45, 7) is 6.37. The highest BCUT2D eigenvalue weighted by atomic mass is 35.5. The van der Waals surface area contributed by atoms with Crippen LogP contribution in [0.15, 0.2) is 72.8 Å². The molecule has 0 unspecified atom stereocenters. The molecule has 4 nitrogen and oxygen atoms in total. The molecule has 0 bridgehead atoms. The van der Waals surface area contributed by atoms with Gasteiger partial charge in [-0.15, -0.1) is 0 Å². The Bertz CT molecular complexity index is 1040. The van der Waals surface area contributed by atoms with Crippen LogP contribution in [0.5, 0.6) is 0 Å². The fourth-order valence-corrected chi connectivity index (χ4v) is 3.07. The molecule has 0 aromatic heterocycles. The number of carbonyl (C=O) groups is 2. The lowest BCUT2D eigenvalue weighted by Gasteiger charge is -2.19. The average molecular weight is 407 g/mol. The van der Waals surface area contributed by atoms with Crippen LogP contribution in [-0.2, 0) is 5.41 Å². The average Bonchev–Trinajstić information content (AvgIpc) is 2.69. The third-order valence-corrected chi connectivity index (χ3v) is 4.88. The molecule has 0 aliphatic heterocycles. The summed E-state index contributed by atoms with van der Waals surface area (Å²) >= 11 is 6.10. The predicted molar refractivity (Wildman–Crippen MR) is 119 cm³/mol. The Morgan fingerprint density at radius 3 is 1.79 bits per heavy atom. The minimum atomic E-state index is -0.341. The second-order valence-corrected chi connectivity index (χ2v) is 8.17. The van der Waals surface area contributed by atoms with Gasteiger partial charge in [-0.3, -0.25) is 9.59 Å². The van der Waals surface area contributed by atoms with Crippen LogP contribution in [0.4, 0.5) is 11.4 Å². The maximum atomic E-state index is 12.7. The number of para-hydroxylation sites is 2. The quantitative estimate of drug-likeness (QED) is 0.546. The summed E-state index contributed by atoms with van der Waals surface area (Å²) in [5.74, 6) is -0.586. The van der Waals surface area contributed by atoms with E-state index in [1.165, 1.54) is 0 Å². The molecule has 5 heteroatoms. The van der Waals surface area contributed by atoms with Gasteiger partial charge < -0.3 is 10.6 Å². The summed E-state index contributed by atoms with van der Waals surface area (Å²) in [5.41, 5.74) is 3.10. The van der Waals surface area contributed by atoms with E-state index < -0.39 is 0 Å². The first kappa shape index (κ1) is 20.6. The smallest absolute Gasteiger partial charge is 0.257 e. The molecule has 3 aromatic rings. The first-order chi connectivity index (χ1) is 13.8. The summed E-state index contributed by atoms with van der Waals surface area (Å²) in [4.78, 5) is 25.3. The Morgan fingerprint density at radius 1 is 0.724 bits per heavy atom. The predicted octanol–water partition coefficient (Wildman–Crippen LogP) is 6.14. The zero-order valence-electron chi connectivity index (χ0n) is 16.6. The molecule has 0 atom stereocenters. The van der Waals surface area contributed by atoms with Crippen molar-refractivity contribution in [2.24, 2.45) is 0 Å². The Kier molecular flexibility index (Phi) is 6.04. The van der Waals surface area contributed by atoms with Gasteiger partial charge in [-0.25, -0.2) is 0 Å². The van der Waals surface area contributed by atoms with Crippen LogP contribution in [0.25, 0.3) is 0 Å². The highest BCUT2D eigenvalue weighted by molar-refractivity contribution is 6.34. The molecule has 148 valence electrons. The van der Waals surface area contributed by atoms with Crippen molar-refractivity contribution in [2.75, 3.05) is 10.6 Å². The van der Waals surface area contributed by atoms with E-state index in [2.05, 4.69) is 31.4 Å². The van der Waals surface area contributed by atoms with Crippen molar-refractivity contribution >= 4 is 34.8 Å². The summed E-state index contributed by atoms with van der Waals surface area (Å²) in [7, 11) is 0. The van der Waals surface area contributed by atoms with Crippen LogP contribution in [0.2, 0.25) is 5.02 Å². The van der Waals surface area contributed by atoms with Crippen LogP contribution in [0.1, 0.15) is 47.1 Å².